The third kappa shape index (κ3) is 6.47. The molecule has 0 unspecified atom stereocenters. The first kappa shape index (κ1) is 19.6. The molecule has 1 N–H and O–H groups in total. The molecule has 5 heteroatoms. The normalized spacial score (nSPS) is 14.5. The van der Waals surface area contributed by atoms with Gasteiger partial charge in [0, 0.05) is 36.8 Å². The summed E-state index contributed by atoms with van der Waals surface area (Å²) in [6.07, 6.45) is 5.30. The molecule has 1 saturated heterocycles. The minimum atomic E-state index is 0.257. The van der Waals surface area contributed by atoms with Crippen LogP contribution < -0.4 is 10.1 Å². The van der Waals surface area contributed by atoms with Gasteiger partial charge in [0.2, 0.25) is 5.91 Å². The predicted octanol–water partition coefficient (Wildman–Crippen LogP) is 5.12. The highest BCUT2D eigenvalue weighted by Crippen LogP contribution is 2.18. The van der Waals surface area contributed by atoms with Crippen LogP contribution in [0.25, 0.3) is 0 Å². The van der Waals surface area contributed by atoms with E-state index in [1.165, 1.54) is 12.8 Å². The first-order valence-corrected chi connectivity index (χ1v) is 10.1. The van der Waals surface area contributed by atoms with Crippen LogP contribution >= 0.6 is 11.6 Å². The van der Waals surface area contributed by atoms with Crippen molar-refractivity contribution in [1.82, 2.24) is 4.90 Å². The van der Waals surface area contributed by atoms with Crippen LogP contribution in [0.5, 0.6) is 5.75 Å². The Labute approximate surface area is 166 Å². The van der Waals surface area contributed by atoms with Gasteiger partial charge in [-0.1, -0.05) is 36.6 Å². The van der Waals surface area contributed by atoms with E-state index in [1.54, 1.807) is 0 Å². The van der Waals surface area contributed by atoms with Crippen molar-refractivity contribution in [3.05, 3.63) is 59.1 Å². The monoisotopic (exact) mass is 386 g/mol. The zero-order valence-electron chi connectivity index (χ0n) is 15.6. The third-order valence-corrected chi connectivity index (χ3v) is 5.05. The van der Waals surface area contributed by atoms with Gasteiger partial charge in [0.25, 0.3) is 0 Å². The van der Waals surface area contributed by atoms with Crippen molar-refractivity contribution in [3.8, 4) is 5.75 Å². The number of rotatable bonds is 7. The van der Waals surface area contributed by atoms with Gasteiger partial charge in [-0.25, -0.2) is 0 Å². The summed E-state index contributed by atoms with van der Waals surface area (Å²) in [5.74, 6) is 1.07. The fourth-order valence-electron chi connectivity index (χ4n) is 3.21. The fourth-order valence-corrected chi connectivity index (χ4v) is 3.33. The van der Waals surface area contributed by atoms with Gasteiger partial charge in [-0.05, 0) is 54.8 Å². The Hall–Kier alpha value is -2.20. The number of hydrogen-bond acceptors (Lipinski definition) is 3. The maximum atomic E-state index is 12.3. The maximum Gasteiger partial charge on any atom is 0.224 e. The number of halogens is 1. The van der Waals surface area contributed by atoms with Crippen LogP contribution in [0.1, 0.15) is 37.7 Å². The Balaban J connectivity index is 1.39. The summed E-state index contributed by atoms with van der Waals surface area (Å²) in [5.41, 5.74) is 2.08. The maximum absolute atomic E-state index is 12.3. The Bertz CT molecular complexity index is 708. The molecule has 4 nitrogen and oxygen atoms in total. The second-order valence-corrected chi connectivity index (χ2v) is 7.35. The summed E-state index contributed by atoms with van der Waals surface area (Å²) in [6, 6.07) is 15.5. The lowest BCUT2D eigenvalue weighted by Crippen LogP contribution is -2.32. The van der Waals surface area contributed by atoms with Crippen LogP contribution in [0.4, 0.5) is 5.69 Å². The number of carbonyl (C=O) groups excluding carboxylic acids is 1. The van der Waals surface area contributed by atoms with Crippen molar-refractivity contribution in [2.75, 3.05) is 25.0 Å². The zero-order valence-corrected chi connectivity index (χ0v) is 16.4. The largest absolute Gasteiger partial charge is 0.489 e. The quantitative estimate of drug-likeness (QED) is 0.717. The number of carbonyl (C=O) groups is 1. The Morgan fingerprint density at radius 1 is 0.963 bits per heavy atom. The molecule has 3 rings (SSSR count). The van der Waals surface area contributed by atoms with Crippen molar-refractivity contribution in [2.45, 2.75) is 38.7 Å². The molecule has 1 aliphatic heterocycles. The van der Waals surface area contributed by atoms with Gasteiger partial charge in [-0.2, -0.15) is 0 Å². The van der Waals surface area contributed by atoms with Crippen LogP contribution in [0, 0.1) is 0 Å². The van der Waals surface area contributed by atoms with Crippen molar-refractivity contribution in [1.29, 1.82) is 0 Å². The van der Waals surface area contributed by atoms with Crippen LogP contribution in [-0.2, 0) is 11.4 Å². The molecular weight excluding hydrogens is 360 g/mol. The molecule has 27 heavy (non-hydrogen) atoms. The van der Waals surface area contributed by atoms with Crippen LogP contribution in [0.2, 0.25) is 5.02 Å². The Morgan fingerprint density at radius 2 is 1.63 bits per heavy atom. The predicted molar refractivity (Wildman–Crippen MR) is 110 cm³/mol. The fraction of sp³-hybridized carbons (Fsp3) is 0.409. The van der Waals surface area contributed by atoms with Gasteiger partial charge in [0.05, 0.1) is 0 Å². The number of nitrogens with zero attached hydrogens (tertiary/aromatic N) is 1. The molecule has 144 valence electrons. The number of anilines is 1. The Morgan fingerprint density at radius 3 is 2.30 bits per heavy atom. The number of ether oxygens (including phenoxy) is 1. The van der Waals surface area contributed by atoms with Gasteiger partial charge in [0.15, 0.2) is 0 Å². The lowest BCUT2D eigenvalue weighted by molar-refractivity contribution is -0.130. The molecular formula is C22H27ClN2O2. The first-order valence-electron chi connectivity index (χ1n) is 9.70. The minimum absolute atomic E-state index is 0.257. The summed E-state index contributed by atoms with van der Waals surface area (Å²) in [6.45, 7) is 2.99. The smallest absolute Gasteiger partial charge is 0.224 e. The van der Waals surface area contributed by atoms with Crippen LogP contribution in [0.3, 0.4) is 0 Å². The molecule has 0 radical (unpaired) electrons. The Kier molecular flexibility index (Phi) is 7.40. The number of benzene rings is 2. The number of amides is 1. The SMILES string of the molecule is O=C(CCNc1ccc(OCc2ccc(Cl)cc2)cc1)N1CCCCCC1. The second kappa shape index (κ2) is 10.2. The summed E-state index contributed by atoms with van der Waals surface area (Å²) in [4.78, 5) is 14.3. The van der Waals surface area contributed by atoms with Gasteiger partial charge < -0.3 is 15.0 Å². The molecule has 0 aromatic heterocycles. The van der Waals surface area contributed by atoms with Crippen molar-refractivity contribution in [3.63, 3.8) is 0 Å². The van der Waals surface area contributed by atoms with E-state index in [1.807, 2.05) is 53.4 Å². The van der Waals surface area contributed by atoms with E-state index in [0.29, 0.717) is 19.6 Å². The molecule has 0 aliphatic carbocycles. The van der Waals surface area contributed by atoms with E-state index in [2.05, 4.69) is 5.32 Å². The number of nitrogens with one attached hydrogen (secondary N) is 1. The van der Waals surface area contributed by atoms with E-state index in [-0.39, 0.29) is 5.91 Å². The lowest BCUT2D eigenvalue weighted by atomic mass is 10.2. The standard InChI is InChI=1S/C22H27ClN2O2/c23-19-7-5-18(6-8-19)17-27-21-11-9-20(10-12-21)24-14-13-22(26)25-15-3-1-2-4-16-25/h5-12,24H,1-4,13-17H2. The van der Waals surface area contributed by atoms with Crippen LogP contribution in [-0.4, -0.2) is 30.4 Å². The van der Waals surface area contributed by atoms with E-state index in [4.69, 9.17) is 16.3 Å². The zero-order chi connectivity index (χ0) is 18.9. The number of hydrogen-bond donors (Lipinski definition) is 1. The summed E-state index contributed by atoms with van der Waals surface area (Å²) >= 11 is 5.89. The molecule has 2 aromatic carbocycles. The second-order valence-electron chi connectivity index (χ2n) is 6.91. The van der Waals surface area contributed by atoms with Gasteiger partial charge in [-0.3, -0.25) is 4.79 Å². The van der Waals surface area contributed by atoms with E-state index in [9.17, 15) is 4.79 Å². The van der Waals surface area contributed by atoms with Crippen molar-refractivity contribution in [2.24, 2.45) is 0 Å². The lowest BCUT2D eigenvalue weighted by Gasteiger charge is -2.20. The van der Waals surface area contributed by atoms with E-state index >= 15 is 0 Å². The topological polar surface area (TPSA) is 41.6 Å². The molecule has 1 heterocycles. The van der Waals surface area contributed by atoms with Gasteiger partial charge in [0.1, 0.15) is 12.4 Å². The van der Waals surface area contributed by atoms with Crippen LogP contribution in [0.15, 0.2) is 48.5 Å². The molecule has 0 spiro atoms. The van der Waals surface area contributed by atoms with E-state index < -0.39 is 0 Å². The average Bonchev–Trinajstić information content (AvgIpc) is 2.98. The summed E-state index contributed by atoms with van der Waals surface area (Å²) < 4.78 is 5.79. The molecule has 0 bridgehead atoms. The average molecular weight is 387 g/mol. The summed E-state index contributed by atoms with van der Waals surface area (Å²) in [7, 11) is 0. The molecule has 0 saturated carbocycles. The molecule has 2 aromatic rings. The highest BCUT2D eigenvalue weighted by molar-refractivity contribution is 6.30. The highest BCUT2D eigenvalue weighted by atomic mass is 35.5. The van der Waals surface area contributed by atoms with Crippen molar-refractivity contribution >= 4 is 23.2 Å². The molecule has 1 aliphatic rings. The first-order chi connectivity index (χ1) is 13.2. The molecule has 1 fully saturated rings. The minimum Gasteiger partial charge on any atom is -0.489 e. The molecule has 1 amide bonds. The van der Waals surface area contributed by atoms with E-state index in [0.717, 1.165) is 48.0 Å². The summed E-state index contributed by atoms with van der Waals surface area (Å²) in [5, 5.41) is 4.05. The third-order valence-electron chi connectivity index (χ3n) is 4.80. The highest BCUT2D eigenvalue weighted by Gasteiger charge is 2.14. The van der Waals surface area contributed by atoms with Crippen molar-refractivity contribution < 1.29 is 9.53 Å². The van der Waals surface area contributed by atoms with Gasteiger partial charge in [-0.15, -0.1) is 0 Å². The molecule has 0 atom stereocenters. The number of likely N-dealkylation sites (tertiary alicyclic amines) is 1. The van der Waals surface area contributed by atoms with Gasteiger partial charge >= 0.3 is 0 Å².